The second-order valence-corrected chi connectivity index (χ2v) is 5.69. The van der Waals surface area contributed by atoms with Crippen LogP contribution in [0, 0.1) is 20.2 Å². The van der Waals surface area contributed by atoms with Gasteiger partial charge in [-0.3, -0.25) is 25.0 Å². The van der Waals surface area contributed by atoms with Crippen LogP contribution in [0.15, 0.2) is 30.3 Å². The second-order valence-electron chi connectivity index (χ2n) is 5.28. The SMILES string of the molecule is CC(=O)Nc1ccc(Oc2c([N+](=O)[O-])cc(C(F)(F)F)cc2[N+](=O)[O-])c(Cl)c1. The molecule has 0 saturated heterocycles. The number of amides is 1. The fraction of sp³-hybridized carbons (Fsp3) is 0.133. The molecule has 2 aromatic rings. The molecule has 0 unspecified atom stereocenters. The smallest absolute Gasteiger partial charge is 0.416 e. The topological polar surface area (TPSA) is 125 Å². The van der Waals surface area contributed by atoms with E-state index in [1.807, 2.05) is 0 Å². The van der Waals surface area contributed by atoms with Gasteiger partial charge < -0.3 is 10.1 Å². The molecule has 0 bridgehead atoms. The van der Waals surface area contributed by atoms with E-state index in [0.717, 1.165) is 6.07 Å². The Labute approximate surface area is 159 Å². The van der Waals surface area contributed by atoms with E-state index >= 15 is 0 Å². The Bertz CT molecular complexity index is 945. The molecule has 2 aromatic carbocycles. The highest BCUT2D eigenvalue weighted by Crippen LogP contribution is 2.45. The molecule has 0 radical (unpaired) electrons. The maximum Gasteiger partial charge on any atom is 0.416 e. The zero-order chi connectivity index (χ0) is 21.2. The number of rotatable bonds is 5. The van der Waals surface area contributed by atoms with E-state index in [-0.39, 0.29) is 28.6 Å². The number of hydrogen-bond acceptors (Lipinski definition) is 6. The number of halogens is 4. The lowest BCUT2D eigenvalue weighted by Crippen LogP contribution is -2.08. The highest BCUT2D eigenvalue weighted by molar-refractivity contribution is 6.32. The van der Waals surface area contributed by atoms with Gasteiger partial charge in [-0.05, 0) is 18.2 Å². The molecule has 13 heteroatoms. The van der Waals surface area contributed by atoms with Crippen LogP contribution in [-0.2, 0) is 11.0 Å². The number of nitrogens with zero attached hydrogens (tertiary/aromatic N) is 2. The van der Waals surface area contributed by atoms with Gasteiger partial charge in [-0.25, -0.2) is 0 Å². The van der Waals surface area contributed by atoms with Crippen molar-refractivity contribution in [3.05, 3.63) is 61.1 Å². The minimum Gasteiger partial charge on any atom is -0.443 e. The normalized spacial score (nSPS) is 11.0. The average Bonchev–Trinajstić information content (AvgIpc) is 2.55. The average molecular weight is 420 g/mol. The Balaban J connectivity index is 2.60. The van der Waals surface area contributed by atoms with E-state index in [2.05, 4.69) is 5.32 Å². The molecule has 0 spiro atoms. The molecule has 0 aliphatic rings. The highest BCUT2D eigenvalue weighted by atomic mass is 35.5. The molecule has 148 valence electrons. The number of nitrogens with one attached hydrogen (secondary N) is 1. The molecule has 1 N–H and O–H groups in total. The maximum atomic E-state index is 12.9. The largest absolute Gasteiger partial charge is 0.443 e. The van der Waals surface area contributed by atoms with Crippen LogP contribution in [-0.4, -0.2) is 15.8 Å². The summed E-state index contributed by atoms with van der Waals surface area (Å²) in [4.78, 5) is 30.9. The first-order chi connectivity index (χ1) is 12.9. The summed E-state index contributed by atoms with van der Waals surface area (Å²) in [6.07, 6.45) is -5.05. The number of nitro groups is 2. The Kier molecular flexibility index (Phi) is 5.73. The van der Waals surface area contributed by atoms with Gasteiger partial charge in [0.2, 0.25) is 5.91 Å². The summed E-state index contributed by atoms with van der Waals surface area (Å²) in [5, 5.41) is 24.6. The van der Waals surface area contributed by atoms with E-state index in [1.54, 1.807) is 0 Å². The van der Waals surface area contributed by atoms with Gasteiger partial charge in [-0.1, -0.05) is 11.6 Å². The second kappa shape index (κ2) is 7.68. The van der Waals surface area contributed by atoms with Crippen molar-refractivity contribution in [3.8, 4) is 11.5 Å². The van der Waals surface area contributed by atoms with Gasteiger partial charge in [0, 0.05) is 24.7 Å². The van der Waals surface area contributed by atoms with Crippen LogP contribution in [0.25, 0.3) is 0 Å². The Morgan fingerprint density at radius 1 is 1.11 bits per heavy atom. The molecule has 28 heavy (non-hydrogen) atoms. The molecule has 0 aliphatic carbocycles. The minimum atomic E-state index is -5.05. The molecule has 2 rings (SSSR count). The molecule has 0 saturated carbocycles. The van der Waals surface area contributed by atoms with Crippen LogP contribution in [0.4, 0.5) is 30.2 Å². The van der Waals surface area contributed by atoms with Crippen molar-refractivity contribution in [2.45, 2.75) is 13.1 Å². The maximum absolute atomic E-state index is 12.9. The highest BCUT2D eigenvalue weighted by Gasteiger charge is 2.38. The number of hydrogen-bond donors (Lipinski definition) is 1. The molecule has 1 amide bonds. The fourth-order valence-corrected chi connectivity index (χ4v) is 2.33. The Hall–Kier alpha value is -3.41. The number of carbonyl (C=O) groups excluding carboxylic acids is 1. The van der Waals surface area contributed by atoms with Crippen molar-refractivity contribution in [2.24, 2.45) is 0 Å². The number of carbonyl (C=O) groups is 1. The first-order valence-electron chi connectivity index (χ1n) is 7.19. The molecule has 0 atom stereocenters. The first kappa shape index (κ1) is 20.9. The summed E-state index contributed by atoms with van der Waals surface area (Å²) in [6.45, 7) is 1.23. The van der Waals surface area contributed by atoms with Gasteiger partial charge in [0.25, 0.3) is 5.75 Å². The van der Waals surface area contributed by atoms with Crippen LogP contribution >= 0.6 is 11.6 Å². The first-order valence-corrected chi connectivity index (χ1v) is 7.57. The molecule has 0 aliphatic heterocycles. The van der Waals surface area contributed by atoms with Crippen LogP contribution in [0.5, 0.6) is 11.5 Å². The third-order valence-electron chi connectivity index (χ3n) is 3.23. The summed E-state index contributed by atoms with van der Waals surface area (Å²) in [5.41, 5.74) is -3.86. The van der Waals surface area contributed by atoms with Gasteiger partial charge >= 0.3 is 17.6 Å². The number of ether oxygens (including phenoxy) is 1. The Morgan fingerprint density at radius 2 is 1.64 bits per heavy atom. The molecular weight excluding hydrogens is 411 g/mol. The van der Waals surface area contributed by atoms with E-state index in [9.17, 15) is 38.2 Å². The van der Waals surface area contributed by atoms with Crippen LogP contribution in [0.2, 0.25) is 5.02 Å². The van der Waals surface area contributed by atoms with Crippen molar-refractivity contribution in [2.75, 3.05) is 5.32 Å². The lowest BCUT2D eigenvalue weighted by atomic mass is 10.1. The third-order valence-corrected chi connectivity index (χ3v) is 3.53. The molecule has 0 heterocycles. The van der Waals surface area contributed by atoms with Crippen LogP contribution < -0.4 is 10.1 Å². The van der Waals surface area contributed by atoms with Crippen molar-refractivity contribution in [1.29, 1.82) is 0 Å². The molecule has 9 nitrogen and oxygen atoms in total. The van der Waals surface area contributed by atoms with Crippen molar-refractivity contribution < 1.29 is 32.5 Å². The minimum absolute atomic E-state index is 0.127. The van der Waals surface area contributed by atoms with Gasteiger partial charge in [0.1, 0.15) is 5.75 Å². The summed E-state index contributed by atoms with van der Waals surface area (Å²) in [5.74, 6) is -1.74. The predicted molar refractivity (Wildman–Crippen MR) is 90.6 cm³/mol. The zero-order valence-corrected chi connectivity index (χ0v) is 14.5. The number of anilines is 1. The number of nitro benzene ring substituents is 2. The third kappa shape index (κ3) is 4.65. The summed E-state index contributed by atoms with van der Waals surface area (Å²) >= 11 is 5.93. The van der Waals surface area contributed by atoms with Crippen LogP contribution in [0.1, 0.15) is 12.5 Å². The van der Waals surface area contributed by atoms with Gasteiger partial charge in [0.05, 0.1) is 20.4 Å². The monoisotopic (exact) mass is 419 g/mol. The molecule has 0 aromatic heterocycles. The van der Waals surface area contributed by atoms with Crippen molar-refractivity contribution in [3.63, 3.8) is 0 Å². The lowest BCUT2D eigenvalue weighted by Gasteiger charge is -2.12. The summed E-state index contributed by atoms with van der Waals surface area (Å²) in [7, 11) is 0. The number of benzene rings is 2. The van der Waals surface area contributed by atoms with Gasteiger partial charge in [0.15, 0.2) is 0 Å². The van der Waals surface area contributed by atoms with E-state index in [0.29, 0.717) is 0 Å². The van der Waals surface area contributed by atoms with Crippen LogP contribution in [0.3, 0.4) is 0 Å². The standard InChI is InChI=1S/C15H9ClF3N3O6/c1-7(23)20-9-2-3-13(10(16)6-9)28-14-11(21(24)25)4-8(15(17,18)19)5-12(14)22(26)27/h2-6H,1H3,(H,20,23). The van der Waals surface area contributed by atoms with Gasteiger partial charge in [-0.2, -0.15) is 13.2 Å². The Morgan fingerprint density at radius 3 is 2.04 bits per heavy atom. The van der Waals surface area contributed by atoms with Crippen molar-refractivity contribution in [1.82, 2.24) is 0 Å². The molecule has 0 fully saturated rings. The predicted octanol–water partition coefficient (Wildman–Crippen LogP) is 4.93. The van der Waals surface area contributed by atoms with E-state index in [4.69, 9.17) is 16.3 Å². The zero-order valence-electron chi connectivity index (χ0n) is 13.7. The quantitative estimate of drug-likeness (QED) is 0.541. The molecular formula is C15H9ClF3N3O6. The fourth-order valence-electron chi connectivity index (χ4n) is 2.11. The van der Waals surface area contributed by atoms with Crippen molar-refractivity contribution >= 4 is 34.6 Å². The summed E-state index contributed by atoms with van der Waals surface area (Å²) < 4.78 is 43.8. The summed E-state index contributed by atoms with van der Waals surface area (Å²) in [6, 6.07) is 3.87. The van der Waals surface area contributed by atoms with Gasteiger partial charge in [-0.15, -0.1) is 0 Å². The van der Waals surface area contributed by atoms with E-state index in [1.165, 1.54) is 19.1 Å². The lowest BCUT2D eigenvalue weighted by molar-refractivity contribution is -0.396. The number of alkyl halides is 3. The van der Waals surface area contributed by atoms with E-state index < -0.39 is 44.6 Å².